The standard InChI is InChI=1S/C12H9BrF2N2O2S/c13-9-3-1-7(5-10(9)14)17-20(18,19)8-2-4-12(16)11(15)6-8/h1-6,17H,16H2. The Balaban J connectivity index is 2.35. The van der Waals surface area contributed by atoms with E-state index in [-0.39, 0.29) is 20.7 Å². The number of nitrogens with one attached hydrogen (secondary N) is 1. The average Bonchev–Trinajstić information content (AvgIpc) is 2.37. The second-order valence-corrected chi connectivity index (χ2v) is 6.45. The Kier molecular flexibility index (Phi) is 3.96. The van der Waals surface area contributed by atoms with Crippen molar-refractivity contribution in [3.8, 4) is 0 Å². The quantitative estimate of drug-likeness (QED) is 0.824. The summed E-state index contributed by atoms with van der Waals surface area (Å²) >= 11 is 2.96. The van der Waals surface area contributed by atoms with Crippen molar-refractivity contribution in [1.29, 1.82) is 0 Å². The van der Waals surface area contributed by atoms with Crippen LogP contribution in [0.2, 0.25) is 0 Å². The topological polar surface area (TPSA) is 72.2 Å². The molecule has 8 heteroatoms. The van der Waals surface area contributed by atoms with Gasteiger partial charge in [0.1, 0.15) is 11.6 Å². The summed E-state index contributed by atoms with van der Waals surface area (Å²) in [7, 11) is -4.01. The van der Waals surface area contributed by atoms with Crippen LogP contribution in [0, 0.1) is 11.6 Å². The van der Waals surface area contributed by atoms with Gasteiger partial charge in [0.25, 0.3) is 10.0 Å². The summed E-state index contributed by atoms with van der Waals surface area (Å²) in [6.07, 6.45) is 0. The minimum atomic E-state index is -4.01. The van der Waals surface area contributed by atoms with Crippen LogP contribution in [0.3, 0.4) is 0 Å². The zero-order valence-corrected chi connectivity index (χ0v) is 12.3. The number of nitrogens with two attached hydrogens (primary N) is 1. The fourth-order valence-electron chi connectivity index (χ4n) is 1.45. The molecule has 0 radical (unpaired) electrons. The number of sulfonamides is 1. The van der Waals surface area contributed by atoms with Gasteiger partial charge in [0.05, 0.1) is 20.7 Å². The number of halogens is 3. The summed E-state index contributed by atoms with van der Waals surface area (Å²) in [6, 6.07) is 6.85. The number of hydrogen-bond donors (Lipinski definition) is 2. The zero-order valence-electron chi connectivity index (χ0n) is 9.90. The molecule has 2 rings (SSSR count). The van der Waals surface area contributed by atoms with E-state index in [9.17, 15) is 17.2 Å². The summed E-state index contributed by atoms with van der Waals surface area (Å²) in [5.41, 5.74) is 5.15. The van der Waals surface area contributed by atoms with Crippen molar-refractivity contribution >= 4 is 37.3 Å². The van der Waals surface area contributed by atoms with E-state index in [0.29, 0.717) is 0 Å². The third-order valence-corrected chi connectivity index (χ3v) is 4.48. The van der Waals surface area contributed by atoms with Gasteiger partial charge in [0.15, 0.2) is 0 Å². The van der Waals surface area contributed by atoms with Crippen molar-refractivity contribution in [2.24, 2.45) is 0 Å². The van der Waals surface area contributed by atoms with Gasteiger partial charge in [-0.05, 0) is 52.3 Å². The van der Waals surface area contributed by atoms with Crippen LogP contribution in [0.4, 0.5) is 20.2 Å². The zero-order chi connectivity index (χ0) is 14.9. The van der Waals surface area contributed by atoms with Crippen molar-refractivity contribution in [2.75, 3.05) is 10.5 Å². The van der Waals surface area contributed by atoms with E-state index >= 15 is 0 Å². The molecule has 106 valence electrons. The first-order chi connectivity index (χ1) is 9.29. The summed E-state index contributed by atoms with van der Waals surface area (Å²) in [4.78, 5) is -0.299. The second kappa shape index (κ2) is 5.37. The molecule has 0 aliphatic heterocycles. The van der Waals surface area contributed by atoms with Gasteiger partial charge in [0, 0.05) is 0 Å². The van der Waals surface area contributed by atoms with Gasteiger partial charge < -0.3 is 5.73 Å². The van der Waals surface area contributed by atoms with E-state index in [0.717, 1.165) is 24.3 Å². The Morgan fingerprint density at radius 1 is 1.05 bits per heavy atom. The third kappa shape index (κ3) is 3.07. The van der Waals surface area contributed by atoms with Gasteiger partial charge >= 0.3 is 0 Å². The minimum Gasteiger partial charge on any atom is -0.396 e. The molecule has 0 heterocycles. The average molecular weight is 363 g/mol. The van der Waals surface area contributed by atoms with Gasteiger partial charge in [-0.1, -0.05) is 0 Å². The molecular formula is C12H9BrF2N2O2S. The van der Waals surface area contributed by atoms with Crippen LogP contribution in [0.15, 0.2) is 45.8 Å². The molecule has 3 N–H and O–H groups in total. The fourth-order valence-corrected chi connectivity index (χ4v) is 2.76. The molecule has 2 aromatic carbocycles. The molecule has 0 unspecified atom stereocenters. The first-order valence-corrected chi connectivity index (χ1v) is 7.60. The van der Waals surface area contributed by atoms with Crippen molar-refractivity contribution in [3.63, 3.8) is 0 Å². The normalized spacial score (nSPS) is 11.3. The lowest BCUT2D eigenvalue weighted by Crippen LogP contribution is -2.13. The van der Waals surface area contributed by atoms with E-state index in [1.165, 1.54) is 12.1 Å². The Hall–Kier alpha value is -1.67. The van der Waals surface area contributed by atoms with Crippen LogP contribution in [-0.4, -0.2) is 8.42 Å². The Labute approximate surface area is 122 Å². The number of hydrogen-bond acceptors (Lipinski definition) is 3. The highest BCUT2D eigenvalue weighted by Crippen LogP contribution is 2.23. The number of rotatable bonds is 3. The maximum Gasteiger partial charge on any atom is 0.261 e. The maximum atomic E-state index is 13.3. The lowest BCUT2D eigenvalue weighted by Gasteiger charge is -2.09. The van der Waals surface area contributed by atoms with Gasteiger partial charge in [-0.15, -0.1) is 0 Å². The maximum absolute atomic E-state index is 13.3. The summed E-state index contributed by atoms with van der Waals surface area (Å²) in [6.45, 7) is 0. The molecule has 0 aromatic heterocycles. The van der Waals surface area contributed by atoms with Crippen LogP contribution >= 0.6 is 15.9 Å². The predicted octanol–water partition coefficient (Wildman–Crippen LogP) is 3.11. The van der Waals surface area contributed by atoms with E-state index in [2.05, 4.69) is 20.7 Å². The second-order valence-electron chi connectivity index (χ2n) is 3.92. The first-order valence-electron chi connectivity index (χ1n) is 5.32. The van der Waals surface area contributed by atoms with E-state index in [4.69, 9.17) is 5.73 Å². The Morgan fingerprint density at radius 3 is 2.35 bits per heavy atom. The largest absolute Gasteiger partial charge is 0.396 e. The van der Waals surface area contributed by atoms with Gasteiger partial charge in [0.2, 0.25) is 0 Å². The molecule has 2 aromatic rings. The van der Waals surface area contributed by atoms with E-state index in [1.54, 1.807) is 0 Å². The van der Waals surface area contributed by atoms with Gasteiger partial charge in [-0.25, -0.2) is 17.2 Å². The highest BCUT2D eigenvalue weighted by molar-refractivity contribution is 9.10. The smallest absolute Gasteiger partial charge is 0.261 e. The number of nitrogen functional groups attached to an aromatic ring is 1. The highest BCUT2D eigenvalue weighted by Gasteiger charge is 2.16. The monoisotopic (exact) mass is 362 g/mol. The lowest BCUT2D eigenvalue weighted by molar-refractivity contribution is 0.596. The van der Waals surface area contributed by atoms with Crippen molar-refractivity contribution < 1.29 is 17.2 Å². The Bertz CT molecular complexity index is 766. The lowest BCUT2D eigenvalue weighted by atomic mass is 10.3. The fraction of sp³-hybridized carbons (Fsp3) is 0. The molecule has 0 spiro atoms. The summed E-state index contributed by atoms with van der Waals surface area (Å²) in [5, 5.41) is 0. The van der Waals surface area contributed by atoms with Crippen LogP contribution in [0.5, 0.6) is 0 Å². The molecule has 20 heavy (non-hydrogen) atoms. The SMILES string of the molecule is Nc1ccc(S(=O)(=O)Nc2ccc(Br)c(F)c2)cc1F. The molecule has 0 saturated heterocycles. The van der Waals surface area contributed by atoms with Crippen LogP contribution < -0.4 is 10.5 Å². The van der Waals surface area contributed by atoms with Crippen molar-refractivity contribution in [2.45, 2.75) is 4.90 Å². The molecule has 0 saturated carbocycles. The van der Waals surface area contributed by atoms with Crippen molar-refractivity contribution in [3.05, 3.63) is 52.5 Å². The number of anilines is 2. The van der Waals surface area contributed by atoms with E-state index < -0.39 is 21.7 Å². The molecular weight excluding hydrogens is 354 g/mol. The molecule has 0 atom stereocenters. The van der Waals surface area contributed by atoms with Gasteiger partial charge in [-0.2, -0.15) is 0 Å². The Morgan fingerprint density at radius 2 is 1.75 bits per heavy atom. The molecule has 0 bridgehead atoms. The first kappa shape index (κ1) is 14.7. The van der Waals surface area contributed by atoms with Gasteiger partial charge in [-0.3, -0.25) is 4.72 Å². The van der Waals surface area contributed by atoms with Crippen LogP contribution in [-0.2, 0) is 10.0 Å². The van der Waals surface area contributed by atoms with Crippen molar-refractivity contribution in [1.82, 2.24) is 0 Å². The molecule has 0 aliphatic carbocycles. The van der Waals surface area contributed by atoms with E-state index in [1.807, 2.05) is 0 Å². The molecule has 4 nitrogen and oxygen atoms in total. The molecule has 0 amide bonds. The minimum absolute atomic E-state index is 0.0305. The summed E-state index contributed by atoms with van der Waals surface area (Å²) < 4.78 is 53.0. The third-order valence-electron chi connectivity index (χ3n) is 2.45. The molecule has 0 aliphatic rings. The highest BCUT2D eigenvalue weighted by atomic mass is 79.9. The summed E-state index contributed by atoms with van der Waals surface area (Å²) in [5.74, 6) is -1.46. The van der Waals surface area contributed by atoms with Crippen LogP contribution in [0.1, 0.15) is 0 Å². The number of benzene rings is 2. The van der Waals surface area contributed by atoms with Crippen LogP contribution in [0.25, 0.3) is 0 Å². The predicted molar refractivity (Wildman–Crippen MR) is 75.7 cm³/mol. The molecule has 0 fully saturated rings.